The summed E-state index contributed by atoms with van der Waals surface area (Å²) in [7, 11) is 0. The highest BCUT2D eigenvalue weighted by Gasteiger charge is 2.26. The van der Waals surface area contributed by atoms with Gasteiger partial charge in [-0.25, -0.2) is 0 Å². The molecule has 3 aromatic rings. The molecule has 1 aromatic heterocycles. The predicted molar refractivity (Wildman–Crippen MR) is 109 cm³/mol. The lowest BCUT2D eigenvalue weighted by Crippen LogP contribution is -2.40. The molecule has 2 heterocycles. The van der Waals surface area contributed by atoms with Gasteiger partial charge in [0, 0.05) is 13.1 Å². The second kappa shape index (κ2) is 8.38. The van der Waals surface area contributed by atoms with Crippen LogP contribution in [0, 0.1) is 12.8 Å². The number of benzene rings is 2. The largest absolute Gasteiger partial charge is 0.337 e. The predicted octanol–water partition coefficient (Wildman–Crippen LogP) is 4.06. The summed E-state index contributed by atoms with van der Waals surface area (Å²) in [5.74, 6) is 0.532. The van der Waals surface area contributed by atoms with Gasteiger partial charge < -0.3 is 4.90 Å². The molecule has 0 radical (unpaired) electrons. The molecule has 5 nitrogen and oxygen atoms in total. The molecule has 0 N–H and O–H groups in total. The van der Waals surface area contributed by atoms with Gasteiger partial charge in [-0.2, -0.15) is 9.90 Å². The van der Waals surface area contributed by atoms with Crippen molar-refractivity contribution in [2.75, 3.05) is 13.1 Å². The van der Waals surface area contributed by atoms with Crippen molar-refractivity contribution in [2.45, 2.75) is 32.6 Å². The van der Waals surface area contributed by atoms with Gasteiger partial charge in [0.05, 0.1) is 11.9 Å². The first kappa shape index (κ1) is 18.4. The Hall–Kier alpha value is -2.95. The number of rotatable bonds is 5. The van der Waals surface area contributed by atoms with E-state index in [0.29, 0.717) is 11.6 Å². The van der Waals surface area contributed by atoms with Crippen LogP contribution in [0.2, 0.25) is 0 Å². The number of aromatic nitrogens is 3. The molecule has 0 aliphatic carbocycles. The summed E-state index contributed by atoms with van der Waals surface area (Å²) in [6.45, 7) is 3.78. The van der Waals surface area contributed by atoms with E-state index in [9.17, 15) is 4.79 Å². The lowest BCUT2D eigenvalue weighted by atomic mass is 9.90. The summed E-state index contributed by atoms with van der Waals surface area (Å²) in [5.41, 5.74) is 4.04. The van der Waals surface area contributed by atoms with Crippen molar-refractivity contribution in [3.8, 4) is 5.69 Å². The molecule has 0 spiro atoms. The molecule has 0 saturated carbocycles. The Morgan fingerprint density at radius 2 is 1.89 bits per heavy atom. The van der Waals surface area contributed by atoms with Crippen LogP contribution in [0.15, 0.2) is 60.8 Å². The standard InChI is InChI=1S/C23H26N4O/c1-18-8-5-6-10-20(18)14-13-19-9-7-15-26(17-19)23(28)22-16-24-27(25-22)21-11-3-2-4-12-21/h2-6,8,10-12,16,19H,7,9,13-15,17H2,1H3. The highest BCUT2D eigenvalue weighted by molar-refractivity contribution is 5.92. The van der Waals surface area contributed by atoms with Crippen LogP contribution in [0.5, 0.6) is 0 Å². The summed E-state index contributed by atoms with van der Waals surface area (Å²) >= 11 is 0. The van der Waals surface area contributed by atoms with Gasteiger partial charge in [-0.15, -0.1) is 5.10 Å². The molecule has 1 aliphatic heterocycles. The molecule has 0 bridgehead atoms. The van der Waals surface area contributed by atoms with Gasteiger partial charge in [0.2, 0.25) is 0 Å². The molecular weight excluding hydrogens is 348 g/mol. The zero-order valence-corrected chi connectivity index (χ0v) is 16.3. The van der Waals surface area contributed by atoms with Crippen molar-refractivity contribution in [2.24, 2.45) is 5.92 Å². The van der Waals surface area contributed by atoms with Gasteiger partial charge in [0.1, 0.15) is 0 Å². The topological polar surface area (TPSA) is 51.0 Å². The number of carbonyl (C=O) groups excluding carboxylic acids is 1. The fourth-order valence-corrected chi connectivity index (χ4v) is 3.94. The number of carbonyl (C=O) groups is 1. The maximum absolute atomic E-state index is 12.9. The molecule has 1 saturated heterocycles. The maximum Gasteiger partial charge on any atom is 0.276 e. The van der Waals surface area contributed by atoms with Crippen LogP contribution in [0.3, 0.4) is 0 Å². The second-order valence-corrected chi connectivity index (χ2v) is 7.58. The summed E-state index contributed by atoms with van der Waals surface area (Å²) in [5, 5.41) is 8.67. The zero-order chi connectivity index (χ0) is 19.3. The summed E-state index contributed by atoms with van der Waals surface area (Å²) in [6, 6.07) is 18.2. The minimum atomic E-state index is -0.0113. The Morgan fingerprint density at radius 3 is 2.71 bits per heavy atom. The summed E-state index contributed by atoms with van der Waals surface area (Å²) in [6.07, 6.45) is 6.00. The molecule has 1 unspecified atom stereocenters. The van der Waals surface area contributed by atoms with Crippen molar-refractivity contribution in [1.29, 1.82) is 0 Å². The maximum atomic E-state index is 12.9. The fraction of sp³-hybridized carbons (Fsp3) is 0.348. The normalized spacial score (nSPS) is 16.9. The van der Waals surface area contributed by atoms with Crippen LogP contribution in [-0.4, -0.2) is 38.9 Å². The third-order valence-corrected chi connectivity index (χ3v) is 5.59. The second-order valence-electron chi connectivity index (χ2n) is 7.58. The van der Waals surface area contributed by atoms with Gasteiger partial charge in [-0.05, 0) is 61.8 Å². The lowest BCUT2D eigenvalue weighted by Gasteiger charge is -2.32. The average Bonchev–Trinajstić information content (AvgIpc) is 3.24. The van der Waals surface area contributed by atoms with E-state index in [4.69, 9.17) is 0 Å². The first-order chi connectivity index (χ1) is 13.7. The Kier molecular flexibility index (Phi) is 5.51. The number of para-hydroxylation sites is 1. The molecule has 1 fully saturated rings. The van der Waals surface area contributed by atoms with Crippen molar-refractivity contribution in [3.05, 3.63) is 77.6 Å². The van der Waals surface area contributed by atoms with Crippen molar-refractivity contribution in [3.63, 3.8) is 0 Å². The van der Waals surface area contributed by atoms with E-state index in [1.807, 2.05) is 35.2 Å². The van der Waals surface area contributed by atoms with E-state index in [0.717, 1.165) is 38.0 Å². The molecule has 28 heavy (non-hydrogen) atoms. The number of piperidine rings is 1. The number of hydrogen-bond acceptors (Lipinski definition) is 3. The Bertz CT molecular complexity index is 935. The highest BCUT2D eigenvalue weighted by Crippen LogP contribution is 2.23. The number of aryl methyl sites for hydroxylation is 2. The van der Waals surface area contributed by atoms with Crippen molar-refractivity contribution >= 4 is 5.91 Å². The van der Waals surface area contributed by atoms with Crippen LogP contribution < -0.4 is 0 Å². The average molecular weight is 374 g/mol. The van der Waals surface area contributed by atoms with E-state index in [1.165, 1.54) is 22.3 Å². The van der Waals surface area contributed by atoms with E-state index >= 15 is 0 Å². The number of likely N-dealkylation sites (tertiary alicyclic amines) is 1. The zero-order valence-electron chi connectivity index (χ0n) is 16.3. The Balaban J connectivity index is 1.38. The summed E-state index contributed by atoms with van der Waals surface area (Å²) in [4.78, 5) is 16.4. The molecule has 1 amide bonds. The number of nitrogens with zero attached hydrogens (tertiary/aromatic N) is 4. The third kappa shape index (κ3) is 4.14. The first-order valence-corrected chi connectivity index (χ1v) is 10.0. The summed E-state index contributed by atoms with van der Waals surface area (Å²) < 4.78 is 0. The smallest absolute Gasteiger partial charge is 0.276 e. The van der Waals surface area contributed by atoms with Gasteiger partial charge in [0.15, 0.2) is 5.69 Å². The third-order valence-electron chi connectivity index (χ3n) is 5.59. The van der Waals surface area contributed by atoms with E-state index < -0.39 is 0 Å². The van der Waals surface area contributed by atoms with Crippen LogP contribution in [-0.2, 0) is 6.42 Å². The minimum Gasteiger partial charge on any atom is -0.337 e. The van der Waals surface area contributed by atoms with Gasteiger partial charge in [-0.1, -0.05) is 42.5 Å². The van der Waals surface area contributed by atoms with Crippen LogP contribution >= 0.6 is 0 Å². The quantitative estimate of drug-likeness (QED) is 0.677. The number of hydrogen-bond donors (Lipinski definition) is 0. The van der Waals surface area contributed by atoms with Crippen LogP contribution in [0.4, 0.5) is 0 Å². The van der Waals surface area contributed by atoms with Gasteiger partial charge >= 0.3 is 0 Å². The minimum absolute atomic E-state index is 0.0113. The molecule has 5 heteroatoms. The molecular formula is C23H26N4O. The Morgan fingerprint density at radius 1 is 1.11 bits per heavy atom. The van der Waals surface area contributed by atoms with E-state index in [-0.39, 0.29) is 5.91 Å². The SMILES string of the molecule is Cc1ccccc1CCC1CCCN(C(=O)c2cnn(-c3ccccc3)n2)C1. The van der Waals surface area contributed by atoms with Gasteiger partial charge in [0.25, 0.3) is 5.91 Å². The van der Waals surface area contributed by atoms with Crippen molar-refractivity contribution < 1.29 is 4.79 Å². The van der Waals surface area contributed by atoms with E-state index in [1.54, 1.807) is 6.20 Å². The molecule has 1 aliphatic rings. The molecule has 2 aromatic carbocycles. The lowest BCUT2D eigenvalue weighted by molar-refractivity contribution is 0.0662. The first-order valence-electron chi connectivity index (χ1n) is 10.0. The van der Waals surface area contributed by atoms with Crippen LogP contribution in [0.1, 0.15) is 40.9 Å². The van der Waals surface area contributed by atoms with Gasteiger partial charge in [-0.3, -0.25) is 4.79 Å². The highest BCUT2D eigenvalue weighted by atomic mass is 16.2. The Labute approximate surface area is 166 Å². The van der Waals surface area contributed by atoms with Crippen molar-refractivity contribution in [1.82, 2.24) is 19.9 Å². The van der Waals surface area contributed by atoms with E-state index in [2.05, 4.69) is 41.4 Å². The van der Waals surface area contributed by atoms with Crippen LogP contribution in [0.25, 0.3) is 5.69 Å². The number of amides is 1. The monoisotopic (exact) mass is 374 g/mol. The molecule has 4 rings (SSSR count). The molecule has 1 atom stereocenters. The fourth-order valence-electron chi connectivity index (χ4n) is 3.94. The molecule has 144 valence electrons.